The molecule has 0 aliphatic heterocycles. The topological polar surface area (TPSA) is 106 Å². The number of benzene rings is 1. The van der Waals surface area contributed by atoms with Crippen molar-refractivity contribution >= 4 is 29.6 Å². The quantitative estimate of drug-likeness (QED) is 0.393. The number of Topliss-reactive ketones (excluding diaryl/α,β-unsaturated/α-hetero) is 1. The van der Waals surface area contributed by atoms with Gasteiger partial charge in [-0.15, -0.1) is 10.2 Å². The third kappa shape index (κ3) is 4.09. The average molecular weight is 370 g/mol. The van der Waals surface area contributed by atoms with Gasteiger partial charge in [-0.2, -0.15) is 0 Å². The van der Waals surface area contributed by atoms with Crippen LogP contribution in [0.15, 0.2) is 55.4 Å². The van der Waals surface area contributed by atoms with Crippen LogP contribution in [-0.4, -0.2) is 27.1 Å². The lowest BCUT2D eigenvalue weighted by Crippen LogP contribution is -1.96. The van der Waals surface area contributed by atoms with Gasteiger partial charge in [-0.3, -0.25) is 4.79 Å². The number of hydrogen-bond acceptors (Lipinski definition) is 7. The van der Waals surface area contributed by atoms with E-state index in [1.807, 2.05) is 0 Å². The molecule has 2 aromatic heterocycles. The van der Waals surface area contributed by atoms with Crippen LogP contribution in [0, 0.1) is 6.92 Å². The minimum Gasteiger partial charge on any atom is -0.477 e. The van der Waals surface area contributed by atoms with Crippen LogP contribution >= 0.6 is 11.8 Å². The van der Waals surface area contributed by atoms with E-state index < -0.39 is 5.97 Å². The number of hydrogen-bond donors (Lipinski definition) is 1. The molecule has 3 aromatic rings. The number of thioether (sulfide) groups is 1. The van der Waals surface area contributed by atoms with Crippen LogP contribution in [0.4, 0.5) is 0 Å². The monoisotopic (exact) mass is 370 g/mol. The van der Waals surface area contributed by atoms with Crippen molar-refractivity contribution in [3.63, 3.8) is 0 Å². The number of carbonyl (C=O) groups excluding carboxylic acids is 1. The van der Waals surface area contributed by atoms with Crippen LogP contribution < -0.4 is 0 Å². The molecule has 1 aromatic carbocycles. The molecule has 7 nitrogen and oxygen atoms in total. The summed E-state index contributed by atoms with van der Waals surface area (Å²) in [7, 11) is 0. The Morgan fingerprint density at radius 2 is 1.81 bits per heavy atom. The predicted octanol–water partition coefficient (Wildman–Crippen LogP) is 4.06. The molecule has 0 amide bonds. The Hall–Kier alpha value is -3.13. The van der Waals surface area contributed by atoms with Crippen molar-refractivity contribution in [1.82, 2.24) is 10.2 Å². The minimum atomic E-state index is -1.13. The summed E-state index contributed by atoms with van der Waals surface area (Å²) >= 11 is 0.847. The smallest absolute Gasteiger partial charge is 0.342 e. The number of aromatic nitrogens is 2. The largest absolute Gasteiger partial charge is 0.477 e. The standard InChI is InChI=1S/C18H14N2O5S/c1-10(21)12-3-5-13(6-4-12)15-8-7-14(25-15)9-16(17(22)23)26-18-20-19-11(2)24-18/h3-9H,1-2H3,(H,22,23)/b16-9-. The van der Waals surface area contributed by atoms with Crippen molar-refractivity contribution in [2.24, 2.45) is 0 Å². The fraction of sp³-hybridized carbons (Fsp3) is 0.111. The molecule has 0 saturated heterocycles. The Morgan fingerprint density at radius 3 is 2.38 bits per heavy atom. The number of nitrogens with zero attached hydrogens (tertiary/aromatic N) is 2. The lowest BCUT2D eigenvalue weighted by Gasteiger charge is -1.99. The molecule has 132 valence electrons. The van der Waals surface area contributed by atoms with E-state index in [1.54, 1.807) is 43.3 Å². The zero-order chi connectivity index (χ0) is 18.7. The highest BCUT2D eigenvalue weighted by molar-refractivity contribution is 8.03. The van der Waals surface area contributed by atoms with Gasteiger partial charge in [0.2, 0.25) is 5.89 Å². The highest BCUT2D eigenvalue weighted by atomic mass is 32.2. The Balaban J connectivity index is 1.83. The number of aryl methyl sites for hydroxylation is 1. The highest BCUT2D eigenvalue weighted by Crippen LogP contribution is 2.29. The summed E-state index contributed by atoms with van der Waals surface area (Å²) in [5.74, 6) is 0.145. The molecule has 26 heavy (non-hydrogen) atoms. The van der Waals surface area contributed by atoms with Crippen molar-refractivity contribution in [1.29, 1.82) is 0 Å². The molecule has 0 atom stereocenters. The summed E-state index contributed by atoms with van der Waals surface area (Å²) in [4.78, 5) is 22.8. The summed E-state index contributed by atoms with van der Waals surface area (Å²) in [6, 6.07) is 10.4. The van der Waals surface area contributed by atoms with Gasteiger partial charge < -0.3 is 13.9 Å². The van der Waals surface area contributed by atoms with Crippen LogP contribution in [0.5, 0.6) is 0 Å². The van der Waals surface area contributed by atoms with Crippen LogP contribution in [0.1, 0.15) is 28.9 Å². The number of rotatable bonds is 6. The predicted molar refractivity (Wildman–Crippen MR) is 94.7 cm³/mol. The van der Waals surface area contributed by atoms with Crippen molar-refractivity contribution < 1.29 is 23.5 Å². The van der Waals surface area contributed by atoms with Gasteiger partial charge in [0, 0.05) is 24.1 Å². The molecule has 0 aliphatic carbocycles. The summed E-state index contributed by atoms with van der Waals surface area (Å²) in [6.07, 6.45) is 1.39. The summed E-state index contributed by atoms with van der Waals surface area (Å²) in [6.45, 7) is 3.12. The van der Waals surface area contributed by atoms with Crippen LogP contribution in [0.2, 0.25) is 0 Å². The maximum absolute atomic E-state index is 11.4. The maximum atomic E-state index is 11.4. The minimum absolute atomic E-state index is 0.0125. The lowest BCUT2D eigenvalue weighted by molar-refractivity contribution is -0.131. The number of carboxylic acid groups (broad SMARTS) is 1. The number of carbonyl (C=O) groups is 2. The molecule has 0 unspecified atom stereocenters. The number of ketones is 1. The molecule has 2 heterocycles. The molecule has 1 N–H and O–H groups in total. The van der Waals surface area contributed by atoms with E-state index >= 15 is 0 Å². The Kier molecular flexibility index (Phi) is 5.04. The fourth-order valence-corrected chi connectivity index (χ4v) is 2.83. The third-order valence-corrected chi connectivity index (χ3v) is 4.24. The van der Waals surface area contributed by atoms with Crippen molar-refractivity contribution in [2.45, 2.75) is 19.1 Å². The van der Waals surface area contributed by atoms with Gasteiger partial charge in [0.15, 0.2) is 5.78 Å². The second kappa shape index (κ2) is 7.40. The van der Waals surface area contributed by atoms with E-state index in [1.165, 1.54) is 13.0 Å². The summed E-state index contributed by atoms with van der Waals surface area (Å²) in [5, 5.41) is 16.9. The third-order valence-electron chi connectivity index (χ3n) is 3.39. The molecular formula is C18H14N2O5S. The number of carboxylic acids is 1. The van der Waals surface area contributed by atoms with E-state index in [2.05, 4.69) is 10.2 Å². The first-order valence-electron chi connectivity index (χ1n) is 7.56. The van der Waals surface area contributed by atoms with Crippen molar-refractivity contribution in [3.05, 3.63) is 58.5 Å². The zero-order valence-electron chi connectivity index (χ0n) is 13.9. The van der Waals surface area contributed by atoms with E-state index in [-0.39, 0.29) is 15.9 Å². The molecule has 0 spiro atoms. The first kappa shape index (κ1) is 17.7. The van der Waals surface area contributed by atoms with E-state index in [0.717, 1.165) is 17.3 Å². The van der Waals surface area contributed by atoms with Gasteiger partial charge in [0.05, 0.1) is 0 Å². The van der Waals surface area contributed by atoms with Gasteiger partial charge in [0.1, 0.15) is 16.4 Å². The molecule has 8 heteroatoms. The van der Waals surface area contributed by atoms with Gasteiger partial charge in [-0.1, -0.05) is 24.3 Å². The molecule has 3 rings (SSSR count). The number of aliphatic carboxylic acids is 1. The second-order valence-corrected chi connectivity index (χ2v) is 6.33. The SMILES string of the molecule is CC(=O)c1ccc(-c2ccc(/C=C(\Sc3nnc(C)o3)C(=O)O)o2)cc1. The molecule has 0 saturated carbocycles. The molecular weight excluding hydrogens is 356 g/mol. The molecule has 0 aliphatic rings. The molecule has 0 bridgehead atoms. The van der Waals surface area contributed by atoms with E-state index in [0.29, 0.717) is 23.0 Å². The summed E-state index contributed by atoms with van der Waals surface area (Å²) in [5.41, 5.74) is 1.39. The number of furan rings is 1. The van der Waals surface area contributed by atoms with Crippen molar-refractivity contribution in [3.8, 4) is 11.3 Å². The lowest BCUT2D eigenvalue weighted by atomic mass is 10.1. The van der Waals surface area contributed by atoms with Crippen LogP contribution in [0.25, 0.3) is 17.4 Å². The normalized spacial score (nSPS) is 11.5. The average Bonchev–Trinajstić information content (AvgIpc) is 3.23. The van der Waals surface area contributed by atoms with Crippen LogP contribution in [-0.2, 0) is 4.79 Å². The van der Waals surface area contributed by atoms with Crippen LogP contribution in [0.3, 0.4) is 0 Å². The first-order valence-corrected chi connectivity index (χ1v) is 8.38. The zero-order valence-corrected chi connectivity index (χ0v) is 14.7. The van der Waals surface area contributed by atoms with E-state index in [9.17, 15) is 14.7 Å². The Labute approximate surface area is 152 Å². The Morgan fingerprint density at radius 1 is 1.08 bits per heavy atom. The molecule has 0 fully saturated rings. The van der Waals surface area contributed by atoms with Gasteiger partial charge in [-0.05, 0) is 30.8 Å². The second-order valence-electron chi connectivity index (χ2n) is 5.34. The van der Waals surface area contributed by atoms with Gasteiger partial charge >= 0.3 is 5.97 Å². The van der Waals surface area contributed by atoms with Gasteiger partial charge in [-0.25, -0.2) is 4.79 Å². The highest BCUT2D eigenvalue weighted by Gasteiger charge is 2.15. The van der Waals surface area contributed by atoms with Crippen molar-refractivity contribution in [2.75, 3.05) is 0 Å². The summed E-state index contributed by atoms with van der Waals surface area (Å²) < 4.78 is 10.9. The van der Waals surface area contributed by atoms with Gasteiger partial charge in [0.25, 0.3) is 5.22 Å². The maximum Gasteiger partial charge on any atom is 0.342 e. The fourth-order valence-electron chi connectivity index (χ4n) is 2.13. The first-order chi connectivity index (χ1) is 12.4. The molecule has 0 radical (unpaired) electrons. The van der Waals surface area contributed by atoms with E-state index in [4.69, 9.17) is 8.83 Å². The Bertz CT molecular complexity index is 985.